The lowest BCUT2D eigenvalue weighted by atomic mass is 9.92. The maximum absolute atomic E-state index is 15.4. The molecule has 3 aliphatic heterocycles. The van der Waals surface area contributed by atoms with Crippen LogP contribution < -0.4 is 15.2 Å². The van der Waals surface area contributed by atoms with E-state index in [9.17, 15) is 23.6 Å². The van der Waals surface area contributed by atoms with Gasteiger partial charge in [-0.25, -0.2) is 8.78 Å². The van der Waals surface area contributed by atoms with Crippen molar-refractivity contribution in [2.45, 2.75) is 48.7 Å². The molecule has 2 aromatic carbocycles. The number of morpholine rings is 1. The highest BCUT2D eigenvalue weighted by Crippen LogP contribution is 2.45. The zero-order valence-corrected chi connectivity index (χ0v) is 24.1. The molecular weight excluding hydrogens is 584 g/mol. The number of hydrogen-bond acceptors (Lipinski definition) is 9. The first-order valence-corrected chi connectivity index (χ1v) is 14.6. The number of methoxy groups -OCH3 is 1. The molecule has 1 amide bonds. The fourth-order valence-corrected chi connectivity index (χ4v) is 6.96. The van der Waals surface area contributed by atoms with Gasteiger partial charge in [-0.05, 0) is 30.2 Å². The Morgan fingerprint density at radius 3 is 2.60 bits per heavy atom. The Hall–Kier alpha value is -4.23. The van der Waals surface area contributed by atoms with E-state index in [-0.39, 0.29) is 43.0 Å². The van der Waals surface area contributed by atoms with Crippen molar-refractivity contribution in [2.75, 3.05) is 25.3 Å². The Balaban J connectivity index is 1.58. The summed E-state index contributed by atoms with van der Waals surface area (Å²) in [7, 11) is 1.18. The lowest BCUT2D eigenvalue weighted by molar-refractivity contribution is -0.144. The molecule has 10 nitrogen and oxygen atoms in total. The average molecular weight is 612 g/mol. The summed E-state index contributed by atoms with van der Waals surface area (Å²) in [6, 6.07) is 10.5. The second-order valence-electron chi connectivity index (χ2n) is 10.3. The van der Waals surface area contributed by atoms with Gasteiger partial charge in [-0.1, -0.05) is 24.3 Å². The normalized spacial score (nSPS) is 20.7. The highest BCUT2D eigenvalue weighted by atomic mass is 32.2. The fraction of sp³-hybridized carbons (Fsp3) is 0.333. The molecule has 6 rings (SSSR count). The SMILES string of the molecule is COC(=O)CCC(=O)Oc1c2n(ccc1=O)N([C@@H]1c3ccccc3SCc3c1ccc(F)c3F)[C@@H]1[C@H](C)OCCN1C2=O. The van der Waals surface area contributed by atoms with Crippen LogP contribution >= 0.6 is 11.8 Å². The highest BCUT2D eigenvalue weighted by Gasteiger charge is 2.49. The van der Waals surface area contributed by atoms with Crippen LogP contribution in [0.15, 0.2) is 58.4 Å². The van der Waals surface area contributed by atoms with Gasteiger partial charge in [0.1, 0.15) is 6.17 Å². The number of nitrogens with zero attached hydrogens (tertiary/aromatic N) is 3. The largest absolute Gasteiger partial charge is 0.469 e. The summed E-state index contributed by atoms with van der Waals surface area (Å²) >= 11 is 1.37. The van der Waals surface area contributed by atoms with Crippen molar-refractivity contribution in [1.29, 1.82) is 0 Å². The number of thioether (sulfide) groups is 1. The number of carbonyl (C=O) groups excluding carboxylic acids is 3. The van der Waals surface area contributed by atoms with Crippen LogP contribution in [0.4, 0.5) is 8.78 Å². The first-order chi connectivity index (χ1) is 20.7. The second-order valence-corrected chi connectivity index (χ2v) is 11.3. The minimum atomic E-state index is -0.973. The van der Waals surface area contributed by atoms with Gasteiger partial charge in [0.25, 0.3) is 5.91 Å². The molecule has 3 aromatic rings. The number of benzene rings is 2. The predicted molar refractivity (Wildman–Crippen MR) is 150 cm³/mol. The first-order valence-electron chi connectivity index (χ1n) is 13.6. The molecule has 0 radical (unpaired) electrons. The van der Waals surface area contributed by atoms with Crippen molar-refractivity contribution in [3.05, 3.63) is 92.9 Å². The summed E-state index contributed by atoms with van der Waals surface area (Å²) in [6.45, 7) is 2.19. The second kappa shape index (κ2) is 11.5. The van der Waals surface area contributed by atoms with Crippen LogP contribution in [0, 0.1) is 11.6 Å². The van der Waals surface area contributed by atoms with Crippen molar-refractivity contribution in [3.8, 4) is 5.75 Å². The number of ether oxygens (including phenoxy) is 3. The molecule has 0 N–H and O–H groups in total. The van der Waals surface area contributed by atoms with Crippen LogP contribution in [0.25, 0.3) is 0 Å². The van der Waals surface area contributed by atoms with Gasteiger partial charge >= 0.3 is 11.9 Å². The van der Waals surface area contributed by atoms with Crippen LogP contribution in [0.3, 0.4) is 0 Å². The number of aromatic nitrogens is 1. The van der Waals surface area contributed by atoms with Crippen molar-refractivity contribution in [2.24, 2.45) is 0 Å². The first kappa shape index (κ1) is 28.9. The number of amides is 1. The maximum Gasteiger partial charge on any atom is 0.311 e. The monoisotopic (exact) mass is 611 g/mol. The number of rotatable bonds is 5. The van der Waals surface area contributed by atoms with Crippen molar-refractivity contribution in [3.63, 3.8) is 0 Å². The lowest BCUT2D eigenvalue weighted by Gasteiger charge is -2.53. The van der Waals surface area contributed by atoms with Crippen LogP contribution in [0.2, 0.25) is 0 Å². The van der Waals surface area contributed by atoms with Gasteiger partial charge in [0, 0.05) is 35.0 Å². The smallest absolute Gasteiger partial charge is 0.311 e. The summed E-state index contributed by atoms with van der Waals surface area (Å²) in [5.74, 6) is -4.35. The summed E-state index contributed by atoms with van der Waals surface area (Å²) in [4.78, 5) is 53.8. The third kappa shape index (κ3) is 4.95. The van der Waals surface area contributed by atoms with Gasteiger partial charge < -0.3 is 19.1 Å². The fourth-order valence-electron chi connectivity index (χ4n) is 5.85. The van der Waals surface area contributed by atoms with Gasteiger partial charge in [0.05, 0.1) is 38.7 Å². The Bertz CT molecular complexity index is 1700. The van der Waals surface area contributed by atoms with Crippen molar-refractivity contribution < 1.29 is 37.4 Å². The number of fused-ring (bicyclic) bond motifs is 4. The zero-order valence-electron chi connectivity index (χ0n) is 23.2. The lowest BCUT2D eigenvalue weighted by Crippen LogP contribution is -2.68. The summed E-state index contributed by atoms with van der Waals surface area (Å²) in [5.41, 5.74) is 0.505. The molecule has 43 heavy (non-hydrogen) atoms. The molecule has 0 saturated carbocycles. The molecule has 4 heterocycles. The molecule has 1 aromatic heterocycles. The predicted octanol–water partition coefficient (Wildman–Crippen LogP) is 3.52. The Morgan fingerprint density at radius 2 is 1.81 bits per heavy atom. The molecule has 13 heteroatoms. The molecule has 3 atom stereocenters. The molecule has 0 spiro atoms. The maximum atomic E-state index is 15.4. The van der Waals surface area contributed by atoms with Crippen LogP contribution in [0.1, 0.15) is 53.0 Å². The van der Waals surface area contributed by atoms with Gasteiger partial charge in [0.2, 0.25) is 11.2 Å². The van der Waals surface area contributed by atoms with E-state index < -0.39 is 59.0 Å². The van der Waals surface area contributed by atoms with Gasteiger partial charge in [0.15, 0.2) is 17.3 Å². The standard InChI is InChI=1S/C30H27F2N3O7S/c1-16-29-33(13-14-41-16)30(39)27-28(42-24(38)10-9-23(37)40-2)21(36)11-12-34(27)35(29)26-17-7-8-20(31)25(32)19(17)15-43-22-6-4-3-5-18(22)26/h3-8,11-12,16,26,29H,9-10,13-15H2,1-2H3/t16-,26-,29+/m0/s1. The Kier molecular flexibility index (Phi) is 7.69. The van der Waals surface area contributed by atoms with E-state index in [0.29, 0.717) is 5.56 Å². The molecule has 0 aliphatic carbocycles. The number of esters is 2. The van der Waals surface area contributed by atoms with Gasteiger partial charge in [-0.15, -0.1) is 11.8 Å². The average Bonchev–Trinajstić information content (AvgIpc) is 3.17. The molecular formula is C30H27F2N3O7S. The van der Waals surface area contributed by atoms with E-state index in [1.54, 1.807) is 5.01 Å². The zero-order chi connectivity index (χ0) is 30.4. The van der Waals surface area contributed by atoms with Gasteiger partial charge in [-0.2, -0.15) is 0 Å². The number of halogens is 2. The quantitative estimate of drug-likeness (QED) is 0.401. The Morgan fingerprint density at radius 1 is 1.05 bits per heavy atom. The van der Waals surface area contributed by atoms with E-state index in [2.05, 4.69) is 4.74 Å². The molecule has 0 unspecified atom stereocenters. The van der Waals surface area contributed by atoms with E-state index in [1.165, 1.54) is 46.8 Å². The molecule has 0 bridgehead atoms. The van der Waals surface area contributed by atoms with Crippen LogP contribution in [-0.4, -0.2) is 60.0 Å². The number of carbonyl (C=O) groups is 3. The van der Waals surface area contributed by atoms with E-state index in [1.807, 2.05) is 31.2 Å². The topological polar surface area (TPSA) is 107 Å². The molecule has 1 saturated heterocycles. The minimum absolute atomic E-state index is 0.164. The minimum Gasteiger partial charge on any atom is -0.469 e. The van der Waals surface area contributed by atoms with E-state index in [0.717, 1.165) is 16.5 Å². The highest BCUT2D eigenvalue weighted by molar-refractivity contribution is 7.98. The van der Waals surface area contributed by atoms with E-state index >= 15 is 4.39 Å². The van der Waals surface area contributed by atoms with E-state index in [4.69, 9.17) is 9.47 Å². The molecule has 3 aliphatic rings. The third-order valence-electron chi connectivity index (χ3n) is 7.82. The van der Waals surface area contributed by atoms with Crippen LogP contribution in [-0.2, 0) is 24.8 Å². The number of pyridine rings is 1. The van der Waals surface area contributed by atoms with Crippen molar-refractivity contribution in [1.82, 2.24) is 9.58 Å². The summed E-state index contributed by atoms with van der Waals surface area (Å²) < 4.78 is 47.4. The van der Waals surface area contributed by atoms with Gasteiger partial charge in [-0.3, -0.25) is 28.9 Å². The van der Waals surface area contributed by atoms with Crippen molar-refractivity contribution >= 4 is 29.6 Å². The molecule has 224 valence electrons. The third-order valence-corrected chi connectivity index (χ3v) is 8.94. The van der Waals surface area contributed by atoms with Crippen LogP contribution in [0.5, 0.6) is 5.75 Å². The summed E-state index contributed by atoms with van der Waals surface area (Å²) in [6.07, 6.45) is -0.514. The number of hydrogen-bond donors (Lipinski definition) is 0. The molecule has 1 fully saturated rings. The summed E-state index contributed by atoms with van der Waals surface area (Å²) in [5, 5.41) is 1.80. The Labute approximate surface area is 249 Å².